The summed E-state index contributed by atoms with van der Waals surface area (Å²) >= 11 is 0. The number of aryl methyl sites for hydroxylation is 1. The van der Waals surface area contributed by atoms with Gasteiger partial charge < -0.3 is 5.11 Å². The Kier molecular flexibility index (Phi) is 3.77. The summed E-state index contributed by atoms with van der Waals surface area (Å²) in [4.78, 5) is 11.0. The zero-order valence-corrected chi connectivity index (χ0v) is 11.5. The number of alkyl halides is 3. The molecule has 0 heterocycles. The molecule has 1 N–H and O–H groups in total. The molecule has 0 unspecified atom stereocenters. The lowest BCUT2D eigenvalue weighted by atomic mass is 9.94. The lowest BCUT2D eigenvalue weighted by Gasteiger charge is -2.13. The normalized spacial score (nSPS) is 11.5. The summed E-state index contributed by atoms with van der Waals surface area (Å²) in [6.07, 6.45) is -4.59. The molecule has 5 heteroatoms. The van der Waals surface area contributed by atoms with Gasteiger partial charge in [0.05, 0.1) is 11.1 Å². The lowest BCUT2D eigenvalue weighted by Crippen LogP contribution is -2.08. The van der Waals surface area contributed by atoms with Crippen LogP contribution in [0.2, 0.25) is 0 Å². The molecule has 0 radical (unpaired) electrons. The first-order valence-corrected chi connectivity index (χ1v) is 6.22. The van der Waals surface area contributed by atoms with Crippen molar-refractivity contribution in [2.24, 2.45) is 0 Å². The van der Waals surface area contributed by atoms with E-state index in [-0.39, 0.29) is 11.1 Å². The van der Waals surface area contributed by atoms with Crippen LogP contribution in [0.15, 0.2) is 36.4 Å². The van der Waals surface area contributed by atoms with Gasteiger partial charge in [0.2, 0.25) is 0 Å². The maximum atomic E-state index is 12.9. The van der Waals surface area contributed by atoms with Crippen LogP contribution in [-0.2, 0) is 6.18 Å². The highest BCUT2D eigenvalue weighted by molar-refractivity contribution is 5.90. The molecule has 0 bridgehead atoms. The molecular weight excluding hydrogens is 281 g/mol. The molecule has 0 atom stereocenters. The van der Waals surface area contributed by atoms with Gasteiger partial charge in [-0.15, -0.1) is 0 Å². The van der Waals surface area contributed by atoms with Crippen LogP contribution < -0.4 is 0 Å². The van der Waals surface area contributed by atoms with Crippen molar-refractivity contribution in [1.82, 2.24) is 0 Å². The molecule has 2 aromatic carbocycles. The minimum Gasteiger partial charge on any atom is -0.478 e. The van der Waals surface area contributed by atoms with E-state index in [1.54, 1.807) is 19.1 Å². The van der Waals surface area contributed by atoms with E-state index in [2.05, 4.69) is 0 Å². The maximum Gasteiger partial charge on any atom is 0.416 e. The highest BCUT2D eigenvalue weighted by Crippen LogP contribution is 2.34. The third-order valence-corrected chi connectivity index (χ3v) is 3.42. The van der Waals surface area contributed by atoms with Gasteiger partial charge in [-0.25, -0.2) is 4.79 Å². The van der Waals surface area contributed by atoms with Crippen LogP contribution >= 0.6 is 0 Å². The summed E-state index contributed by atoms with van der Waals surface area (Å²) in [5.74, 6) is -1.38. The molecule has 0 aliphatic heterocycles. The zero-order chi connectivity index (χ0) is 15.8. The fraction of sp³-hybridized carbons (Fsp3) is 0.188. The van der Waals surface area contributed by atoms with Crippen LogP contribution in [0, 0.1) is 13.8 Å². The van der Waals surface area contributed by atoms with Crippen molar-refractivity contribution in [1.29, 1.82) is 0 Å². The number of carboxylic acids is 1. The first-order valence-electron chi connectivity index (χ1n) is 6.22. The summed E-state index contributed by atoms with van der Waals surface area (Å²) in [6, 6.07) is 8.16. The highest BCUT2D eigenvalue weighted by atomic mass is 19.4. The summed E-state index contributed by atoms with van der Waals surface area (Å²) in [6.45, 7) is 3.65. The van der Waals surface area contributed by atoms with E-state index in [4.69, 9.17) is 5.11 Å². The van der Waals surface area contributed by atoms with Crippen LogP contribution in [0.1, 0.15) is 27.0 Å². The van der Waals surface area contributed by atoms with Crippen LogP contribution in [0.4, 0.5) is 13.2 Å². The lowest BCUT2D eigenvalue weighted by molar-refractivity contribution is -0.137. The molecule has 0 aliphatic rings. The monoisotopic (exact) mass is 294 g/mol. The second-order valence-corrected chi connectivity index (χ2v) is 4.85. The highest BCUT2D eigenvalue weighted by Gasteiger charge is 2.32. The summed E-state index contributed by atoms with van der Waals surface area (Å²) in [5, 5.41) is 9.00. The van der Waals surface area contributed by atoms with Crippen molar-refractivity contribution < 1.29 is 23.1 Å². The zero-order valence-electron chi connectivity index (χ0n) is 11.5. The van der Waals surface area contributed by atoms with Gasteiger partial charge in [-0.05, 0) is 54.3 Å². The Morgan fingerprint density at radius 3 is 2.33 bits per heavy atom. The number of carbonyl (C=O) groups is 1. The van der Waals surface area contributed by atoms with E-state index in [9.17, 15) is 18.0 Å². The second kappa shape index (κ2) is 5.24. The number of carboxylic acid groups (broad SMARTS) is 1. The molecule has 0 aliphatic carbocycles. The molecule has 0 fully saturated rings. The average Bonchev–Trinajstić information content (AvgIpc) is 2.40. The van der Waals surface area contributed by atoms with Crippen LogP contribution in [-0.4, -0.2) is 11.1 Å². The van der Waals surface area contributed by atoms with Gasteiger partial charge >= 0.3 is 12.1 Å². The predicted octanol–water partition coefficient (Wildman–Crippen LogP) is 4.69. The molecule has 0 saturated carbocycles. The molecule has 2 nitrogen and oxygen atoms in total. The number of benzene rings is 2. The van der Waals surface area contributed by atoms with Gasteiger partial charge in [0.25, 0.3) is 0 Å². The van der Waals surface area contributed by atoms with Crippen molar-refractivity contribution >= 4 is 5.97 Å². The molecule has 21 heavy (non-hydrogen) atoms. The third kappa shape index (κ3) is 3.07. The molecule has 0 spiro atoms. The van der Waals surface area contributed by atoms with Gasteiger partial charge in [0.15, 0.2) is 0 Å². The quantitative estimate of drug-likeness (QED) is 0.872. The molecule has 0 saturated heterocycles. The molecular formula is C16H13F3O2. The molecule has 110 valence electrons. The summed E-state index contributed by atoms with van der Waals surface area (Å²) < 4.78 is 38.7. The van der Waals surface area contributed by atoms with Gasteiger partial charge in [-0.2, -0.15) is 13.2 Å². The minimum atomic E-state index is -4.59. The smallest absolute Gasteiger partial charge is 0.416 e. The Balaban J connectivity index is 2.71. The summed E-state index contributed by atoms with van der Waals surface area (Å²) in [5.41, 5.74) is 1.28. The van der Waals surface area contributed by atoms with E-state index in [0.717, 1.165) is 17.2 Å². The van der Waals surface area contributed by atoms with Crippen LogP contribution in [0.3, 0.4) is 0 Å². The van der Waals surface area contributed by atoms with Crippen molar-refractivity contribution in [2.45, 2.75) is 20.0 Å². The molecule has 2 rings (SSSR count). The minimum absolute atomic E-state index is 0.253. The van der Waals surface area contributed by atoms with E-state index >= 15 is 0 Å². The molecule has 0 amide bonds. The maximum absolute atomic E-state index is 12.9. The number of halogens is 3. The summed E-state index contributed by atoms with van der Waals surface area (Å²) in [7, 11) is 0. The van der Waals surface area contributed by atoms with Gasteiger partial charge in [-0.1, -0.05) is 18.2 Å². The largest absolute Gasteiger partial charge is 0.478 e. The van der Waals surface area contributed by atoms with E-state index < -0.39 is 17.7 Å². The van der Waals surface area contributed by atoms with Gasteiger partial charge in [0, 0.05) is 0 Å². The SMILES string of the molecule is Cc1cccc(-c2cc(C(=O)O)cc(C(F)(F)F)c2)c1C. The van der Waals surface area contributed by atoms with Crippen molar-refractivity contribution in [2.75, 3.05) is 0 Å². The molecule has 2 aromatic rings. The Hall–Kier alpha value is -2.30. The van der Waals surface area contributed by atoms with E-state index in [1.807, 2.05) is 13.0 Å². The first kappa shape index (κ1) is 15.1. The number of hydrogen-bond donors (Lipinski definition) is 1. The Bertz CT molecular complexity index is 703. The second-order valence-electron chi connectivity index (χ2n) is 4.85. The van der Waals surface area contributed by atoms with Crippen molar-refractivity contribution in [3.8, 4) is 11.1 Å². The number of aromatic carboxylic acids is 1. The molecule has 0 aromatic heterocycles. The predicted molar refractivity (Wildman–Crippen MR) is 73.3 cm³/mol. The Morgan fingerprint density at radius 2 is 1.76 bits per heavy atom. The Labute approximate surface area is 119 Å². The standard InChI is InChI=1S/C16H13F3O2/c1-9-4-3-5-14(10(9)2)11-6-12(15(20)21)8-13(7-11)16(17,18)19/h3-8H,1-2H3,(H,20,21). The Morgan fingerprint density at radius 1 is 1.10 bits per heavy atom. The van der Waals surface area contributed by atoms with Crippen LogP contribution in [0.25, 0.3) is 11.1 Å². The number of hydrogen-bond acceptors (Lipinski definition) is 1. The van der Waals surface area contributed by atoms with Crippen LogP contribution in [0.5, 0.6) is 0 Å². The fourth-order valence-corrected chi connectivity index (χ4v) is 2.13. The van der Waals surface area contributed by atoms with Crippen molar-refractivity contribution in [3.05, 3.63) is 58.7 Å². The number of rotatable bonds is 2. The third-order valence-electron chi connectivity index (χ3n) is 3.42. The van der Waals surface area contributed by atoms with E-state index in [1.165, 1.54) is 6.07 Å². The fourth-order valence-electron chi connectivity index (χ4n) is 2.13. The van der Waals surface area contributed by atoms with Gasteiger partial charge in [0.1, 0.15) is 0 Å². The van der Waals surface area contributed by atoms with Crippen molar-refractivity contribution in [3.63, 3.8) is 0 Å². The topological polar surface area (TPSA) is 37.3 Å². The first-order chi connectivity index (χ1) is 9.70. The van der Waals surface area contributed by atoms with E-state index in [0.29, 0.717) is 11.6 Å². The van der Waals surface area contributed by atoms with Gasteiger partial charge in [-0.3, -0.25) is 0 Å². The average molecular weight is 294 g/mol.